The highest BCUT2D eigenvalue weighted by Crippen LogP contribution is 2.27. The first kappa shape index (κ1) is 33.5. The Morgan fingerprint density at radius 3 is 2.09 bits per heavy atom. The van der Waals surface area contributed by atoms with Crippen LogP contribution in [0.1, 0.15) is 81.9 Å². The highest BCUT2D eigenvalue weighted by Gasteiger charge is 2.34. The van der Waals surface area contributed by atoms with E-state index in [1.54, 1.807) is 48.5 Å². The fraction of sp³-hybridized carbons (Fsp3) is 0.429. The first-order valence-corrected chi connectivity index (χ1v) is 17.3. The Morgan fingerprint density at radius 1 is 0.909 bits per heavy atom. The molecule has 44 heavy (non-hydrogen) atoms. The van der Waals surface area contributed by atoms with E-state index in [1.165, 1.54) is 4.90 Å². The Kier molecular flexibility index (Phi) is 11.5. The van der Waals surface area contributed by atoms with Gasteiger partial charge in [0, 0.05) is 17.6 Å². The molecule has 1 fully saturated rings. The first-order chi connectivity index (χ1) is 21.0. The van der Waals surface area contributed by atoms with Crippen molar-refractivity contribution in [3.8, 4) is 0 Å². The van der Waals surface area contributed by atoms with Crippen molar-refractivity contribution in [2.75, 3.05) is 10.8 Å². The van der Waals surface area contributed by atoms with Gasteiger partial charge in [0.05, 0.1) is 10.6 Å². The van der Waals surface area contributed by atoms with Crippen LogP contribution in [0.3, 0.4) is 0 Å². The lowest BCUT2D eigenvalue weighted by atomic mass is 9.95. The Morgan fingerprint density at radius 2 is 1.52 bits per heavy atom. The summed E-state index contributed by atoms with van der Waals surface area (Å²) in [5.74, 6) is -0.416. The zero-order chi connectivity index (χ0) is 31.9. The van der Waals surface area contributed by atoms with Gasteiger partial charge in [-0.15, -0.1) is 0 Å². The Bertz CT molecular complexity index is 1500. The van der Waals surface area contributed by atoms with Gasteiger partial charge < -0.3 is 10.2 Å². The van der Waals surface area contributed by atoms with Crippen LogP contribution in [0.15, 0.2) is 77.7 Å². The van der Waals surface area contributed by atoms with Gasteiger partial charge in [-0.3, -0.25) is 13.9 Å². The third kappa shape index (κ3) is 8.42. The maximum absolute atomic E-state index is 14.3. The van der Waals surface area contributed by atoms with Gasteiger partial charge in [0.2, 0.25) is 11.8 Å². The second kappa shape index (κ2) is 15.1. The van der Waals surface area contributed by atoms with Crippen LogP contribution in [-0.2, 0) is 26.2 Å². The number of benzene rings is 3. The second-order valence-electron chi connectivity index (χ2n) is 12.0. The first-order valence-electron chi connectivity index (χ1n) is 15.5. The number of carbonyl (C=O) groups is 2. The van der Waals surface area contributed by atoms with E-state index in [-0.39, 0.29) is 29.3 Å². The molecule has 1 N–H and O–H groups in total. The second-order valence-corrected chi connectivity index (χ2v) is 14.3. The topological polar surface area (TPSA) is 86.8 Å². The molecule has 7 nitrogen and oxygen atoms in total. The molecule has 0 saturated heterocycles. The van der Waals surface area contributed by atoms with E-state index in [0.717, 1.165) is 53.1 Å². The smallest absolute Gasteiger partial charge is 0.264 e. The van der Waals surface area contributed by atoms with Crippen LogP contribution in [0.4, 0.5) is 5.69 Å². The van der Waals surface area contributed by atoms with Gasteiger partial charge in [0.15, 0.2) is 0 Å². The van der Waals surface area contributed by atoms with Crippen molar-refractivity contribution in [2.24, 2.45) is 0 Å². The van der Waals surface area contributed by atoms with Crippen LogP contribution in [-0.4, -0.2) is 43.8 Å². The van der Waals surface area contributed by atoms with Crippen molar-refractivity contribution < 1.29 is 18.0 Å². The van der Waals surface area contributed by atoms with Crippen molar-refractivity contribution in [2.45, 2.75) is 95.7 Å². The van der Waals surface area contributed by atoms with Crippen molar-refractivity contribution in [3.05, 3.63) is 94.5 Å². The van der Waals surface area contributed by atoms with E-state index >= 15 is 0 Å². The summed E-state index contributed by atoms with van der Waals surface area (Å²) in [6, 6.07) is 20.3. The van der Waals surface area contributed by atoms with E-state index in [0.29, 0.717) is 17.1 Å². The molecule has 3 aromatic carbocycles. The predicted molar refractivity (Wildman–Crippen MR) is 177 cm³/mol. The zero-order valence-electron chi connectivity index (χ0n) is 26.1. The maximum Gasteiger partial charge on any atom is 0.264 e. The van der Waals surface area contributed by atoms with Crippen molar-refractivity contribution >= 4 is 39.1 Å². The van der Waals surface area contributed by atoms with Gasteiger partial charge in [-0.2, -0.15) is 0 Å². The van der Waals surface area contributed by atoms with Gasteiger partial charge in [0.1, 0.15) is 12.6 Å². The van der Waals surface area contributed by atoms with Crippen LogP contribution in [0.2, 0.25) is 5.02 Å². The molecular weight excluding hydrogens is 594 g/mol. The third-order valence-corrected chi connectivity index (χ3v) is 10.4. The molecular formula is C35H44ClN3O4S. The van der Waals surface area contributed by atoms with E-state index in [4.69, 9.17) is 11.6 Å². The summed E-state index contributed by atoms with van der Waals surface area (Å²) in [4.78, 5) is 29.6. The lowest BCUT2D eigenvalue weighted by Gasteiger charge is -2.34. The SMILES string of the molecule is CCC(C(=O)NC1CCCCC1)N(Cc1ccc(Cl)cc1)C(=O)CN(c1ccc(C(C)C)cc1)S(=O)(=O)c1ccc(C)cc1. The minimum atomic E-state index is -4.12. The summed E-state index contributed by atoms with van der Waals surface area (Å²) in [5.41, 5.74) is 3.16. The number of sulfonamides is 1. The molecule has 1 unspecified atom stereocenters. The van der Waals surface area contributed by atoms with Gasteiger partial charge >= 0.3 is 0 Å². The van der Waals surface area contributed by atoms with Crippen LogP contribution >= 0.6 is 11.6 Å². The fourth-order valence-electron chi connectivity index (χ4n) is 5.64. The third-order valence-electron chi connectivity index (χ3n) is 8.34. The number of halogens is 1. The molecule has 1 aliphatic rings. The summed E-state index contributed by atoms with van der Waals surface area (Å²) in [7, 11) is -4.12. The molecule has 1 atom stereocenters. The molecule has 2 amide bonds. The fourth-order valence-corrected chi connectivity index (χ4v) is 7.18. The molecule has 0 bridgehead atoms. The van der Waals surface area contributed by atoms with E-state index < -0.39 is 28.5 Å². The number of hydrogen-bond donors (Lipinski definition) is 1. The summed E-state index contributed by atoms with van der Waals surface area (Å²) >= 11 is 6.13. The van der Waals surface area contributed by atoms with Crippen molar-refractivity contribution in [3.63, 3.8) is 0 Å². The Hall–Kier alpha value is -3.36. The number of amides is 2. The molecule has 0 aliphatic heterocycles. The van der Waals surface area contributed by atoms with Crippen molar-refractivity contribution in [1.29, 1.82) is 0 Å². The standard InChI is InChI=1S/C35H44ClN3O4S/c1-5-33(35(41)37-30-9-7-6-8-10-30)38(23-27-13-17-29(36)18-14-27)34(40)24-39(31-19-15-28(16-20-31)25(2)3)44(42,43)32-21-11-26(4)12-22-32/h11-22,25,30,33H,5-10,23-24H2,1-4H3,(H,37,41). The summed E-state index contributed by atoms with van der Waals surface area (Å²) in [6.45, 7) is 7.57. The van der Waals surface area contributed by atoms with Gasteiger partial charge in [-0.05, 0) is 79.6 Å². The van der Waals surface area contributed by atoms with Gasteiger partial charge in [-0.25, -0.2) is 8.42 Å². The average molecular weight is 638 g/mol. The number of nitrogens with zero attached hydrogens (tertiary/aromatic N) is 2. The predicted octanol–water partition coefficient (Wildman–Crippen LogP) is 7.22. The molecule has 9 heteroatoms. The van der Waals surface area contributed by atoms with Crippen LogP contribution in [0, 0.1) is 6.92 Å². The number of rotatable bonds is 12. The summed E-state index contributed by atoms with van der Waals surface area (Å²) < 4.78 is 29.4. The monoisotopic (exact) mass is 637 g/mol. The molecule has 3 aromatic rings. The number of aryl methyl sites for hydroxylation is 1. The highest BCUT2D eigenvalue weighted by molar-refractivity contribution is 7.92. The Balaban J connectivity index is 1.71. The normalized spacial score (nSPS) is 14.7. The number of carbonyl (C=O) groups excluding carboxylic acids is 2. The van der Waals surface area contributed by atoms with Gasteiger partial charge in [0.25, 0.3) is 10.0 Å². The molecule has 0 aromatic heterocycles. The lowest BCUT2D eigenvalue weighted by Crippen LogP contribution is -2.54. The molecule has 1 aliphatic carbocycles. The largest absolute Gasteiger partial charge is 0.352 e. The summed E-state index contributed by atoms with van der Waals surface area (Å²) in [5, 5.41) is 3.74. The van der Waals surface area contributed by atoms with Crippen LogP contribution in [0.5, 0.6) is 0 Å². The maximum atomic E-state index is 14.3. The minimum Gasteiger partial charge on any atom is -0.352 e. The zero-order valence-corrected chi connectivity index (χ0v) is 27.7. The lowest BCUT2D eigenvalue weighted by molar-refractivity contribution is -0.140. The average Bonchev–Trinajstić information content (AvgIpc) is 3.01. The van der Waals surface area contributed by atoms with Gasteiger partial charge in [-0.1, -0.05) is 93.6 Å². The van der Waals surface area contributed by atoms with Crippen molar-refractivity contribution in [1.82, 2.24) is 10.2 Å². The minimum absolute atomic E-state index is 0.0793. The van der Waals surface area contributed by atoms with E-state index in [2.05, 4.69) is 19.2 Å². The quantitative estimate of drug-likeness (QED) is 0.227. The summed E-state index contributed by atoms with van der Waals surface area (Å²) in [6.07, 6.45) is 5.51. The Labute approximate surface area is 267 Å². The molecule has 0 heterocycles. The highest BCUT2D eigenvalue weighted by atomic mass is 35.5. The van der Waals surface area contributed by atoms with Crippen LogP contribution < -0.4 is 9.62 Å². The molecule has 0 radical (unpaired) electrons. The number of anilines is 1. The van der Waals surface area contributed by atoms with E-state index in [9.17, 15) is 18.0 Å². The van der Waals surface area contributed by atoms with E-state index in [1.807, 2.05) is 38.1 Å². The molecule has 0 spiro atoms. The number of nitrogens with one attached hydrogen (secondary N) is 1. The molecule has 4 rings (SSSR count). The molecule has 236 valence electrons. The van der Waals surface area contributed by atoms with Crippen LogP contribution in [0.25, 0.3) is 0 Å². The number of hydrogen-bond acceptors (Lipinski definition) is 4. The molecule has 1 saturated carbocycles.